The molecule has 1 aromatic carbocycles. The Labute approximate surface area is 137 Å². The average molecular weight is 323 g/mol. The third-order valence-corrected chi connectivity index (χ3v) is 4.01. The van der Waals surface area contributed by atoms with Gasteiger partial charge >= 0.3 is 6.09 Å². The molecule has 2 N–H and O–H groups in total. The Kier molecular flexibility index (Phi) is 5.02. The van der Waals surface area contributed by atoms with Crippen molar-refractivity contribution in [2.75, 3.05) is 30.8 Å². The van der Waals surface area contributed by atoms with Crippen LogP contribution in [0, 0.1) is 5.82 Å². The molecule has 1 heterocycles. The molecule has 0 bridgehead atoms. The maximum Gasteiger partial charge on any atom is 0.410 e. The van der Waals surface area contributed by atoms with E-state index in [1.807, 2.05) is 25.7 Å². The molecule has 0 radical (unpaired) electrons. The summed E-state index contributed by atoms with van der Waals surface area (Å²) in [6, 6.07) is 4.87. The van der Waals surface area contributed by atoms with Crippen molar-refractivity contribution < 1.29 is 13.9 Å². The molecular formula is C17H26FN3O2. The number of benzene rings is 1. The molecule has 1 aliphatic heterocycles. The molecule has 0 aromatic heterocycles. The van der Waals surface area contributed by atoms with Crippen LogP contribution in [0.25, 0.3) is 0 Å². The van der Waals surface area contributed by atoms with E-state index in [1.54, 1.807) is 24.1 Å². The Morgan fingerprint density at radius 2 is 1.96 bits per heavy atom. The number of nitrogens with zero attached hydrogens (tertiary/aromatic N) is 2. The lowest BCUT2D eigenvalue weighted by Crippen LogP contribution is -2.47. The van der Waals surface area contributed by atoms with E-state index >= 15 is 0 Å². The molecule has 6 heteroatoms. The summed E-state index contributed by atoms with van der Waals surface area (Å²) in [7, 11) is 1.76. The summed E-state index contributed by atoms with van der Waals surface area (Å²) in [6.07, 6.45) is 1.24. The van der Waals surface area contributed by atoms with Gasteiger partial charge in [0.2, 0.25) is 0 Å². The highest BCUT2D eigenvalue weighted by atomic mass is 19.1. The SMILES string of the molecule is CN(C(=O)OC(C)(C)C)C1CCN(c2ccc(N)cc2F)CC1. The summed E-state index contributed by atoms with van der Waals surface area (Å²) >= 11 is 0. The van der Waals surface area contributed by atoms with Gasteiger partial charge in [-0.15, -0.1) is 0 Å². The van der Waals surface area contributed by atoms with Gasteiger partial charge in [-0.3, -0.25) is 0 Å². The summed E-state index contributed by atoms with van der Waals surface area (Å²) < 4.78 is 19.4. The Morgan fingerprint density at radius 1 is 1.35 bits per heavy atom. The van der Waals surface area contributed by atoms with E-state index in [-0.39, 0.29) is 18.0 Å². The third kappa shape index (κ3) is 4.50. The molecule has 0 saturated carbocycles. The van der Waals surface area contributed by atoms with Crippen LogP contribution >= 0.6 is 0 Å². The van der Waals surface area contributed by atoms with Gasteiger partial charge in [0.15, 0.2) is 0 Å². The van der Waals surface area contributed by atoms with E-state index in [9.17, 15) is 9.18 Å². The fourth-order valence-corrected chi connectivity index (χ4v) is 2.76. The number of nitrogens with two attached hydrogens (primary N) is 1. The molecule has 128 valence electrons. The molecule has 0 unspecified atom stereocenters. The van der Waals surface area contributed by atoms with Crippen LogP contribution in [0.2, 0.25) is 0 Å². The number of nitrogen functional groups attached to an aromatic ring is 1. The summed E-state index contributed by atoms with van der Waals surface area (Å²) in [6.45, 7) is 6.94. The standard InChI is InChI=1S/C17H26FN3O2/c1-17(2,3)23-16(22)20(4)13-7-9-21(10-8-13)15-6-5-12(19)11-14(15)18/h5-6,11,13H,7-10,19H2,1-4H3. The number of carbonyl (C=O) groups excluding carboxylic acids is 1. The van der Waals surface area contributed by atoms with Gasteiger partial charge in [0.1, 0.15) is 11.4 Å². The lowest BCUT2D eigenvalue weighted by Gasteiger charge is -2.38. The summed E-state index contributed by atoms with van der Waals surface area (Å²) in [5, 5.41) is 0. The van der Waals surface area contributed by atoms with Gasteiger partial charge in [0.25, 0.3) is 0 Å². The van der Waals surface area contributed by atoms with E-state index in [0.717, 1.165) is 12.8 Å². The first-order valence-electron chi connectivity index (χ1n) is 7.93. The summed E-state index contributed by atoms with van der Waals surface area (Å²) in [5.74, 6) is -0.302. The largest absolute Gasteiger partial charge is 0.444 e. The molecule has 1 aromatic rings. The molecule has 1 saturated heterocycles. The minimum Gasteiger partial charge on any atom is -0.444 e. The van der Waals surface area contributed by atoms with Crippen molar-refractivity contribution in [3.63, 3.8) is 0 Å². The minimum absolute atomic E-state index is 0.109. The molecule has 23 heavy (non-hydrogen) atoms. The van der Waals surface area contributed by atoms with Gasteiger partial charge < -0.3 is 20.3 Å². The Bertz CT molecular complexity index is 563. The van der Waals surface area contributed by atoms with Crippen molar-refractivity contribution >= 4 is 17.5 Å². The van der Waals surface area contributed by atoms with Crippen LogP contribution in [-0.4, -0.2) is 42.8 Å². The van der Waals surface area contributed by atoms with Gasteiger partial charge in [0.05, 0.1) is 5.69 Å². The average Bonchev–Trinajstić information content (AvgIpc) is 2.45. The fourth-order valence-electron chi connectivity index (χ4n) is 2.76. The monoisotopic (exact) mass is 323 g/mol. The number of anilines is 2. The number of halogens is 1. The molecular weight excluding hydrogens is 297 g/mol. The van der Waals surface area contributed by atoms with Crippen LogP contribution in [0.3, 0.4) is 0 Å². The summed E-state index contributed by atoms with van der Waals surface area (Å²) in [4.78, 5) is 15.8. The lowest BCUT2D eigenvalue weighted by atomic mass is 10.0. The topological polar surface area (TPSA) is 58.8 Å². The van der Waals surface area contributed by atoms with E-state index in [1.165, 1.54) is 6.07 Å². The Hall–Kier alpha value is -1.98. The Balaban J connectivity index is 1.94. The number of piperidine rings is 1. The smallest absolute Gasteiger partial charge is 0.410 e. The molecule has 2 rings (SSSR count). The van der Waals surface area contributed by atoms with Gasteiger partial charge in [-0.05, 0) is 51.8 Å². The molecule has 0 atom stereocenters. The molecule has 1 amide bonds. The van der Waals surface area contributed by atoms with Crippen molar-refractivity contribution in [3.8, 4) is 0 Å². The van der Waals surface area contributed by atoms with Gasteiger partial charge in [-0.25, -0.2) is 9.18 Å². The molecule has 1 aliphatic rings. The minimum atomic E-state index is -0.501. The normalized spacial score (nSPS) is 16.3. The predicted molar refractivity (Wildman–Crippen MR) is 90.0 cm³/mol. The quantitative estimate of drug-likeness (QED) is 0.849. The first kappa shape index (κ1) is 17.4. The van der Waals surface area contributed by atoms with E-state index < -0.39 is 5.60 Å². The zero-order valence-electron chi connectivity index (χ0n) is 14.3. The fraction of sp³-hybridized carbons (Fsp3) is 0.588. The number of carbonyl (C=O) groups is 1. The maximum atomic E-state index is 14.0. The Morgan fingerprint density at radius 3 is 2.48 bits per heavy atom. The first-order valence-corrected chi connectivity index (χ1v) is 7.93. The number of ether oxygens (including phenoxy) is 1. The van der Waals surface area contributed by atoms with E-state index in [4.69, 9.17) is 10.5 Å². The zero-order chi connectivity index (χ0) is 17.2. The van der Waals surface area contributed by atoms with Crippen LogP contribution in [0.15, 0.2) is 18.2 Å². The number of hydrogen-bond acceptors (Lipinski definition) is 4. The van der Waals surface area contributed by atoms with Gasteiger partial charge in [-0.2, -0.15) is 0 Å². The van der Waals surface area contributed by atoms with Crippen molar-refractivity contribution in [2.24, 2.45) is 0 Å². The summed E-state index contributed by atoms with van der Waals surface area (Å²) in [5.41, 5.74) is 6.07. The van der Waals surface area contributed by atoms with Gasteiger partial charge in [-0.1, -0.05) is 0 Å². The van der Waals surface area contributed by atoms with Crippen LogP contribution < -0.4 is 10.6 Å². The highest BCUT2D eigenvalue weighted by Crippen LogP contribution is 2.26. The molecule has 5 nitrogen and oxygen atoms in total. The van der Waals surface area contributed by atoms with Gasteiger partial charge in [0, 0.05) is 31.9 Å². The lowest BCUT2D eigenvalue weighted by molar-refractivity contribution is 0.0201. The van der Waals surface area contributed by atoms with Crippen LogP contribution in [-0.2, 0) is 4.74 Å². The molecule has 1 fully saturated rings. The molecule has 0 aliphatic carbocycles. The van der Waals surface area contributed by atoms with Crippen LogP contribution in [0.5, 0.6) is 0 Å². The second-order valence-electron chi connectivity index (χ2n) is 7.02. The van der Waals surface area contributed by atoms with Crippen molar-refractivity contribution in [3.05, 3.63) is 24.0 Å². The zero-order valence-corrected chi connectivity index (χ0v) is 14.3. The second-order valence-corrected chi connectivity index (χ2v) is 7.02. The third-order valence-electron chi connectivity index (χ3n) is 4.01. The first-order chi connectivity index (χ1) is 10.7. The number of hydrogen-bond donors (Lipinski definition) is 1. The van der Waals surface area contributed by atoms with Crippen molar-refractivity contribution in [2.45, 2.75) is 45.3 Å². The van der Waals surface area contributed by atoms with Crippen LogP contribution in [0.4, 0.5) is 20.6 Å². The maximum absolute atomic E-state index is 14.0. The van der Waals surface area contributed by atoms with Crippen molar-refractivity contribution in [1.29, 1.82) is 0 Å². The second kappa shape index (κ2) is 6.64. The van der Waals surface area contributed by atoms with E-state index in [2.05, 4.69) is 0 Å². The van der Waals surface area contributed by atoms with Crippen molar-refractivity contribution in [1.82, 2.24) is 4.90 Å². The van der Waals surface area contributed by atoms with E-state index in [0.29, 0.717) is 24.5 Å². The number of rotatable bonds is 2. The number of amides is 1. The highest BCUT2D eigenvalue weighted by Gasteiger charge is 2.29. The van der Waals surface area contributed by atoms with Crippen LogP contribution in [0.1, 0.15) is 33.6 Å². The molecule has 0 spiro atoms. The highest BCUT2D eigenvalue weighted by molar-refractivity contribution is 5.68. The predicted octanol–water partition coefficient (Wildman–Crippen LogP) is 3.24.